The van der Waals surface area contributed by atoms with Gasteiger partial charge in [0.05, 0.1) is 13.7 Å². The zero-order valence-corrected chi connectivity index (χ0v) is 12.0. The zero-order valence-electron chi connectivity index (χ0n) is 12.0. The van der Waals surface area contributed by atoms with Crippen LogP contribution in [0.15, 0.2) is 41.2 Å². The topological polar surface area (TPSA) is 48.3 Å². The molecule has 0 spiro atoms. The van der Waals surface area contributed by atoms with Crippen molar-refractivity contribution in [1.29, 1.82) is 0 Å². The first kappa shape index (κ1) is 13.6. The van der Waals surface area contributed by atoms with E-state index in [1.807, 2.05) is 24.3 Å². The Labute approximate surface area is 123 Å². The summed E-state index contributed by atoms with van der Waals surface area (Å²) in [4.78, 5) is 24.1. The van der Waals surface area contributed by atoms with E-state index in [-0.39, 0.29) is 11.3 Å². The lowest BCUT2D eigenvalue weighted by Gasteiger charge is -2.20. The van der Waals surface area contributed by atoms with Crippen LogP contribution in [0.2, 0.25) is 0 Å². The first-order chi connectivity index (χ1) is 10.2. The number of hydrogen-bond donors (Lipinski definition) is 0. The Morgan fingerprint density at radius 1 is 1.14 bits per heavy atom. The lowest BCUT2D eigenvalue weighted by atomic mass is 9.94. The van der Waals surface area contributed by atoms with E-state index in [2.05, 4.69) is 0 Å². The fourth-order valence-electron chi connectivity index (χ4n) is 2.82. The minimum Gasteiger partial charge on any atom is -0.497 e. The van der Waals surface area contributed by atoms with E-state index in [1.54, 1.807) is 17.7 Å². The third kappa shape index (κ3) is 2.61. The highest BCUT2D eigenvalue weighted by atomic mass is 16.5. The van der Waals surface area contributed by atoms with Crippen molar-refractivity contribution in [2.45, 2.75) is 25.8 Å². The molecule has 1 heterocycles. The normalized spacial score (nSPS) is 13.9. The molecule has 0 fully saturated rings. The van der Waals surface area contributed by atoms with Gasteiger partial charge in [-0.15, -0.1) is 0 Å². The number of ether oxygens (including phenoxy) is 1. The predicted molar refractivity (Wildman–Crippen MR) is 80.1 cm³/mol. The Balaban J connectivity index is 2.04. The maximum Gasteiger partial charge on any atom is 0.251 e. The van der Waals surface area contributed by atoms with Crippen molar-refractivity contribution in [3.63, 3.8) is 0 Å². The van der Waals surface area contributed by atoms with Gasteiger partial charge >= 0.3 is 0 Å². The van der Waals surface area contributed by atoms with Crippen molar-refractivity contribution in [2.24, 2.45) is 0 Å². The lowest BCUT2D eigenvalue weighted by molar-refractivity contribution is 0.0970. The van der Waals surface area contributed by atoms with Gasteiger partial charge in [0, 0.05) is 23.7 Å². The Morgan fingerprint density at radius 2 is 2.00 bits per heavy atom. The molecule has 0 saturated heterocycles. The van der Waals surface area contributed by atoms with Crippen LogP contribution in [-0.4, -0.2) is 17.5 Å². The number of carbonyl (C=O) groups excluding carboxylic acids is 1. The Kier molecular flexibility index (Phi) is 3.60. The van der Waals surface area contributed by atoms with Crippen LogP contribution in [0.4, 0.5) is 0 Å². The van der Waals surface area contributed by atoms with Gasteiger partial charge in [0.25, 0.3) is 5.56 Å². The first-order valence-corrected chi connectivity index (χ1v) is 7.08. The van der Waals surface area contributed by atoms with Crippen LogP contribution < -0.4 is 10.3 Å². The van der Waals surface area contributed by atoms with E-state index in [0.29, 0.717) is 18.5 Å². The molecule has 4 nitrogen and oxygen atoms in total. The first-order valence-electron chi connectivity index (χ1n) is 7.08. The molecule has 0 bridgehead atoms. The molecular formula is C17H17NO3. The third-order valence-corrected chi connectivity index (χ3v) is 3.89. The minimum absolute atomic E-state index is 0.0636. The highest BCUT2D eigenvalue weighted by molar-refractivity contribution is 5.97. The van der Waals surface area contributed by atoms with E-state index in [1.165, 1.54) is 6.07 Å². The van der Waals surface area contributed by atoms with E-state index in [0.717, 1.165) is 29.8 Å². The average molecular weight is 283 g/mol. The SMILES string of the molecule is COc1cccc(Cn2c3c(ccc2=O)C(=O)CCC3)c1. The zero-order chi connectivity index (χ0) is 14.8. The van der Waals surface area contributed by atoms with Gasteiger partial charge in [0.1, 0.15) is 5.75 Å². The second-order valence-corrected chi connectivity index (χ2v) is 5.25. The minimum atomic E-state index is -0.0636. The average Bonchev–Trinajstić information content (AvgIpc) is 2.51. The van der Waals surface area contributed by atoms with Crippen LogP contribution in [0, 0.1) is 0 Å². The molecular weight excluding hydrogens is 266 g/mol. The fraction of sp³-hybridized carbons (Fsp3) is 0.294. The number of hydrogen-bond acceptors (Lipinski definition) is 3. The quantitative estimate of drug-likeness (QED) is 0.869. The summed E-state index contributed by atoms with van der Waals surface area (Å²) in [5, 5.41) is 0. The summed E-state index contributed by atoms with van der Waals surface area (Å²) in [6.07, 6.45) is 2.17. The number of rotatable bonds is 3. The van der Waals surface area contributed by atoms with Gasteiger partial charge in [0.15, 0.2) is 5.78 Å². The molecule has 1 aromatic heterocycles. The van der Waals surface area contributed by atoms with Gasteiger partial charge in [-0.1, -0.05) is 12.1 Å². The molecule has 0 amide bonds. The summed E-state index contributed by atoms with van der Waals surface area (Å²) >= 11 is 0. The van der Waals surface area contributed by atoms with Crippen molar-refractivity contribution in [3.05, 3.63) is 63.6 Å². The molecule has 0 radical (unpaired) electrons. The van der Waals surface area contributed by atoms with Crippen molar-refractivity contribution < 1.29 is 9.53 Å². The van der Waals surface area contributed by atoms with Crippen molar-refractivity contribution in [2.75, 3.05) is 7.11 Å². The number of nitrogens with zero attached hydrogens (tertiary/aromatic N) is 1. The molecule has 1 aliphatic rings. The summed E-state index contributed by atoms with van der Waals surface area (Å²) in [6, 6.07) is 10.8. The molecule has 1 aromatic carbocycles. The molecule has 108 valence electrons. The van der Waals surface area contributed by atoms with E-state index in [4.69, 9.17) is 4.74 Å². The molecule has 4 heteroatoms. The molecule has 3 rings (SSSR count). The number of benzene rings is 1. The summed E-state index contributed by atoms with van der Waals surface area (Å²) in [5.74, 6) is 0.900. The second-order valence-electron chi connectivity index (χ2n) is 5.25. The number of methoxy groups -OCH3 is 1. The van der Waals surface area contributed by atoms with Gasteiger partial charge in [-0.2, -0.15) is 0 Å². The molecule has 1 aliphatic carbocycles. The highest BCUT2D eigenvalue weighted by Crippen LogP contribution is 2.21. The standard InChI is InChI=1S/C17H17NO3/c1-21-13-5-2-4-12(10-13)11-18-15-6-3-7-16(19)14(15)8-9-17(18)20/h2,4-5,8-10H,3,6-7,11H2,1H3. The summed E-state index contributed by atoms with van der Waals surface area (Å²) in [6.45, 7) is 0.465. The summed E-state index contributed by atoms with van der Waals surface area (Å²) in [5.41, 5.74) is 2.49. The van der Waals surface area contributed by atoms with E-state index >= 15 is 0 Å². The third-order valence-electron chi connectivity index (χ3n) is 3.89. The van der Waals surface area contributed by atoms with Gasteiger partial charge < -0.3 is 9.30 Å². The largest absolute Gasteiger partial charge is 0.497 e. The van der Waals surface area contributed by atoms with Crippen LogP contribution >= 0.6 is 0 Å². The van der Waals surface area contributed by atoms with Crippen LogP contribution in [0.1, 0.15) is 34.5 Å². The number of carbonyl (C=O) groups is 1. The van der Waals surface area contributed by atoms with Gasteiger partial charge in [-0.05, 0) is 36.6 Å². The lowest BCUT2D eigenvalue weighted by Crippen LogP contribution is -2.28. The highest BCUT2D eigenvalue weighted by Gasteiger charge is 2.20. The Morgan fingerprint density at radius 3 is 2.81 bits per heavy atom. The summed E-state index contributed by atoms with van der Waals surface area (Å²) in [7, 11) is 1.62. The Hall–Kier alpha value is -2.36. The van der Waals surface area contributed by atoms with Crippen LogP contribution in [0.5, 0.6) is 5.75 Å². The predicted octanol–water partition coefficient (Wildman–Crippen LogP) is 2.42. The van der Waals surface area contributed by atoms with Gasteiger partial charge in [-0.25, -0.2) is 0 Å². The maximum atomic E-state index is 12.2. The monoisotopic (exact) mass is 283 g/mol. The number of fused-ring (bicyclic) bond motifs is 1. The summed E-state index contributed by atoms with van der Waals surface area (Å²) < 4.78 is 6.92. The van der Waals surface area contributed by atoms with Gasteiger partial charge in [-0.3, -0.25) is 9.59 Å². The number of ketones is 1. The molecule has 0 saturated carbocycles. The van der Waals surface area contributed by atoms with Crippen molar-refractivity contribution in [1.82, 2.24) is 4.57 Å². The number of Topliss-reactive ketones (excluding diaryl/α,β-unsaturated/α-hetero) is 1. The number of aromatic nitrogens is 1. The number of pyridine rings is 1. The Bertz CT molecular complexity index is 746. The molecule has 0 atom stereocenters. The molecule has 2 aromatic rings. The second kappa shape index (κ2) is 5.56. The fourth-order valence-corrected chi connectivity index (χ4v) is 2.82. The smallest absolute Gasteiger partial charge is 0.251 e. The van der Waals surface area contributed by atoms with Crippen molar-refractivity contribution in [3.8, 4) is 5.75 Å². The van der Waals surface area contributed by atoms with Crippen molar-refractivity contribution >= 4 is 5.78 Å². The maximum absolute atomic E-state index is 12.2. The molecule has 0 unspecified atom stereocenters. The van der Waals surface area contributed by atoms with E-state index < -0.39 is 0 Å². The van der Waals surface area contributed by atoms with E-state index in [9.17, 15) is 9.59 Å². The van der Waals surface area contributed by atoms with Crippen LogP contribution in [-0.2, 0) is 13.0 Å². The van der Waals surface area contributed by atoms with Crippen LogP contribution in [0.25, 0.3) is 0 Å². The van der Waals surface area contributed by atoms with Crippen LogP contribution in [0.3, 0.4) is 0 Å². The van der Waals surface area contributed by atoms with Gasteiger partial charge in [0.2, 0.25) is 0 Å². The molecule has 0 aliphatic heterocycles. The molecule has 21 heavy (non-hydrogen) atoms. The molecule has 0 N–H and O–H groups in total.